The summed E-state index contributed by atoms with van der Waals surface area (Å²) in [7, 11) is 0. The van der Waals surface area contributed by atoms with Gasteiger partial charge in [0.25, 0.3) is 0 Å². The highest BCUT2D eigenvalue weighted by atomic mass is 14.4. The molecule has 1 aliphatic carbocycles. The Labute approximate surface area is 465 Å². The van der Waals surface area contributed by atoms with Gasteiger partial charge in [-0.1, -0.05) is 267 Å². The lowest BCUT2D eigenvalue weighted by atomic mass is 9.66. The summed E-state index contributed by atoms with van der Waals surface area (Å²) >= 11 is 0. The van der Waals surface area contributed by atoms with Gasteiger partial charge in [-0.15, -0.1) is 0 Å². The van der Waals surface area contributed by atoms with E-state index in [9.17, 15) is 0 Å². The lowest BCUT2D eigenvalue weighted by Gasteiger charge is -2.37. The van der Waals surface area contributed by atoms with E-state index < -0.39 is 0 Å². The molecule has 0 nitrogen and oxygen atoms in total. The average Bonchev–Trinajstić information content (AvgIpc) is 3.28. The minimum absolute atomic E-state index is 0.0237. The zero-order chi connectivity index (χ0) is 57.2. The number of hydrogen-bond donors (Lipinski definition) is 0. The van der Waals surface area contributed by atoms with Crippen LogP contribution in [0.4, 0.5) is 0 Å². The Morgan fingerprint density at radius 1 is 0.237 bits per heavy atom. The van der Waals surface area contributed by atoms with Gasteiger partial charge in [-0.2, -0.15) is 0 Å². The maximum Gasteiger partial charge on any atom is -0.000730 e. The van der Waals surface area contributed by atoms with E-state index in [0.717, 1.165) is 25.7 Å². The second-order valence-electron chi connectivity index (χ2n) is 31.4. The molecular weight excluding hydrogens is 913 g/mol. The Morgan fingerprint density at radius 3 is 0.592 bits per heavy atom. The van der Waals surface area contributed by atoms with Crippen molar-refractivity contribution >= 4 is 0 Å². The average molecular weight is 1020 g/mol. The van der Waals surface area contributed by atoms with Crippen molar-refractivity contribution in [1.29, 1.82) is 0 Å². The van der Waals surface area contributed by atoms with Crippen LogP contribution in [0, 0.1) is 20.9 Å². The lowest BCUT2D eigenvalue weighted by molar-refractivity contribution is 0.563. The van der Waals surface area contributed by atoms with Gasteiger partial charge in [-0.25, -0.2) is 0 Å². The molecule has 0 saturated carbocycles. The van der Waals surface area contributed by atoms with Gasteiger partial charge in [0.1, 0.15) is 0 Å². The van der Waals surface area contributed by atoms with Crippen LogP contribution in [0.5, 0.6) is 0 Å². The van der Waals surface area contributed by atoms with Crippen LogP contribution in [-0.2, 0) is 69.0 Å². The van der Waals surface area contributed by atoms with Crippen LogP contribution in [-0.4, -0.2) is 0 Å². The van der Waals surface area contributed by atoms with Gasteiger partial charge in [0.05, 0.1) is 0 Å². The van der Waals surface area contributed by atoms with Crippen molar-refractivity contribution in [1.82, 2.24) is 0 Å². The third kappa shape index (κ3) is 10.6. The monoisotopic (exact) mass is 1020 g/mol. The van der Waals surface area contributed by atoms with Gasteiger partial charge in [-0.05, 0) is 201 Å². The molecule has 6 aromatic rings. The van der Waals surface area contributed by atoms with E-state index in [0.29, 0.717) is 0 Å². The SMILES string of the molecule is CCc1cc(-c2c(-c3cc(CC)c(C(C)(C)C)cc3C(C)(C)C)c(-c3cc(CC)c(C(C)(C)C)cc3C(C)(C)C)c3c(c2-c2cc(CC)c(C(C)(C)C)cc2C(C)(C)C)=c2ccccc2=3)c(C(C)(C)C)cc1C(C)(C)C. The van der Waals surface area contributed by atoms with E-state index in [4.69, 9.17) is 0 Å². The molecule has 76 heavy (non-hydrogen) atoms. The quantitative estimate of drug-likeness (QED) is 0.142. The highest BCUT2D eigenvalue weighted by molar-refractivity contribution is 6.06. The number of rotatable bonds is 8. The van der Waals surface area contributed by atoms with Crippen LogP contribution in [0.1, 0.15) is 261 Å². The first-order valence-corrected chi connectivity index (χ1v) is 29.7. The van der Waals surface area contributed by atoms with Crippen LogP contribution >= 0.6 is 0 Å². The van der Waals surface area contributed by atoms with Crippen LogP contribution in [0.15, 0.2) is 72.8 Å². The van der Waals surface area contributed by atoms with Crippen LogP contribution in [0.3, 0.4) is 0 Å². The molecule has 0 atom stereocenters. The van der Waals surface area contributed by atoms with Gasteiger partial charge in [0, 0.05) is 0 Å². The van der Waals surface area contributed by atoms with E-state index in [-0.39, 0.29) is 43.3 Å². The zero-order valence-corrected chi connectivity index (χ0v) is 53.8. The summed E-state index contributed by atoms with van der Waals surface area (Å²) in [5, 5.41) is 5.56. The van der Waals surface area contributed by atoms with Crippen molar-refractivity contribution in [2.24, 2.45) is 0 Å². The van der Waals surface area contributed by atoms with Crippen molar-refractivity contribution in [3.05, 3.63) is 160 Å². The first kappa shape index (κ1) is 59.0. The molecular formula is C76H104. The maximum atomic E-state index is 2.71. The Hall–Kier alpha value is -4.68. The van der Waals surface area contributed by atoms with E-state index >= 15 is 0 Å². The van der Waals surface area contributed by atoms with Gasteiger partial charge >= 0.3 is 0 Å². The molecule has 1 aliphatic rings. The van der Waals surface area contributed by atoms with Gasteiger partial charge in [0.15, 0.2) is 0 Å². The molecule has 0 N–H and O–H groups in total. The molecule has 408 valence electrons. The summed E-state index contributed by atoms with van der Waals surface area (Å²) < 4.78 is 0. The fourth-order valence-electron chi connectivity index (χ4n) is 13.1. The fraction of sp³-hybridized carbons (Fsp3) is 0.526. The smallest absolute Gasteiger partial charge is 0.000730 e. The highest BCUT2D eigenvalue weighted by Gasteiger charge is 2.38. The first-order chi connectivity index (χ1) is 34.6. The molecule has 0 amide bonds. The van der Waals surface area contributed by atoms with E-state index in [2.05, 4.69) is 267 Å². The maximum absolute atomic E-state index is 2.71. The summed E-state index contributed by atoms with van der Waals surface area (Å²) in [5.41, 5.74) is 27.6. The molecule has 7 rings (SSSR count). The number of fused-ring (bicyclic) bond motifs is 2. The highest BCUT2D eigenvalue weighted by Crippen LogP contribution is 2.57. The van der Waals surface area contributed by atoms with Crippen molar-refractivity contribution in [2.75, 3.05) is 0 Å². The summed E-state index contributed by atoms with van der Waals surface area (Å²) in [5.74, 6) is 0. The fourth-order valence-corrected chi connectivity index (χ4v) is 13.1. The lowest BCUT2D eigenvalue weighted by Crippen LogP contribution is -2.22. The molecule has 0 heteroatoms. The van der Waals surface area contributed by atoms with Crippen molar-refractivity contribution < 1.29 is 0 Å². The summed E-state index contributed by atoms with van der Waals surface area (Å²) in [6, 6.07) is 30.9. The molecule has 0 spiro atoms. The van der Waals surface area contributed by atoms with Crippen LogP contribution in [0.2, 0.25) is 0 Å². The van der Waals surface area contributed by atoms with Crippen LogP contribution < -0.4 is 0 Å². The Balaban J connectivity index is 2.07. The largest absolute Gasteiger partial charge is 0.0616 e. The Morgan fingerprint density at radius 2 is 0.421 bits per heavy atom. The summed E-state index contributed by atoms with van der Waals surface area (Å²) in [6.45, 7) is 68.1. The first-order valence-electron chi connectivity index (χ1n) is 29.7. The number of benzene rings is 6. The third-order valence-electron chi connectivity index (χ3n) is 17.0. The van der Waals surface area contributed by atoms with Crippen LogP contribution in [0.25, 0.3) is 44.5 Å². The van der Waals surface area contributed by atoms with Gasteiger partial charge in [0.2, 0.25) is 0 Å². The van der Waals surface area contributed by atoms with E-state index in [1.54, 1.807) is 0 Å². The molecule has 0 aliphatic heterocycles. The van der Waals surface area contributed by atoms with E-state index in [1.807, 2.05) is 0 Å². The van der Waals surface area contributed by atoms with E-state index in [1.165, 1.54) is 132 Å². The Kier molecular flexibility index (Phi) is 15.2. The predicted octanol–water partition coefficient (Wildman–Crippen LogP) is 21.9. The topological polar surface area (TPSA) is 0 Å². The van der Waals surface area contributed by atoms with Gasteiger partial charge in [-0.3, -0.25) is 0 Å². The van der Waals surface area contributed by atoms with Crippen molar-refractivity contribution in [3.63, 3.8) is 0 Å². The number of aryl methyl sites for hydroxylation is 4. The third-order valence-corrected chi connectivity index (χ3v) is 17.0. The number of hydrogen-bond acceptors (Lipinski definition) is 0. The molecule has 0 saturated heterocycles. The normalized spacial score (nSPS) is 13.7. The zero-order valence-electron chi connectivity index (χ0n) is 53.8. The predicted molar refractivity (Wildman–Crippen MR) is 337 cm³/mol. The minimum Gasteiger partial charge on any atom is -0.0616 e. The second kappa shape index (κ2) is 19.6. The van der Waals surface area contributed by atoms with Crippen molar-refractivity contribution in [2.45, 2.75) is 263 Å². The summed E-state index contributed by atoms with van der Waals surface area (Å²) in [6.07, 6.45) is 3.85. The molecule has 6 aromatic carbocycles. The Bertz CT molecular complexity index is 3200. The second-order valence-corrected chi connectivity index (χ2v) is 31.4. The molecule has 0 fully saturated rings. The molecule has 0 aromatic heterocycles. The standard InChI is InChI=1S/C76H104/c1-29-45-37-51(59(73(17,18)19)41-55(45)69(5,6)7)65-63-49-35-33-34-36-50(49)64(63)66(52-38-46(30-2)56(70(8,9)10)42-60(52)74(20,21)22)68(54-40-48(32-4)58(72(14,15)16)44-62(54)76(26,27)28)67(65)53-39-47(31-3)57(71(11,12)13)43-61(53)75(23,24)25/h33-44H,29-32H2,1-28H3. The summed E-state index contributed by atoms with van der Waals surface area (Å²) in [4.78, 5) is 0. The minimum atomic E-state index is -0.188. The molecule has 0 heterocycles. The molecule has 0 radical (unpaired) electrons. The molecule has 0 unspecified atom stereocenters. The van der Waals surface area contributed by atoms with Crippen molar-refractivity contribution in [3.8, 4) is 44.5 Å². The van der Waals surface area contributed by atoms with Gasteiger partial charge < -0.3 is 0 Å². The molecule has 0 bridgehead atoms.